The smallest absolute Gasteiger partial charge is 0.180 e. The summed E-state index contributed by atoms with van der Waals surface area (Å²) in [5.41, 5.74) is 1.36. The largest absolute Gasteiger partial charge is 0.545 e. The van der Waals surface area contributed by atoms with E-state index >= 15 is 0 Å². The van der Waals surface area contributed by atoms with Gasteiger partial charge in [-0.25, -0.2) is 8.42 Å². The van der Waals surface area contributed by atoms with Crippen molar-refractivity contribution in [2.45, 2.75) is 56.0 Å². The van der Waals surface area contributed by atoms with Crippen LogP contribution in [0.25, 0.3) is 6.08 Å². The normalized spacial score (nSPS) is 21.6. The van der Waals surface area contributed by atoms with Gasteiger partial charge in [0.25, 0.3) is 0 Å². The van der Waals surface area contributed by atoms with Crippen LogP contribution in [0.1, 0.15) is 62.3 Å². The monoisotopic (exact) mass is 474 g/mol. The van der Waals surface area contributed by atoms with Crippen molar-refractivity contribution in [3.63, 3.8) is 0 Å². The second-order valence-corrected chi connectivity index (χ2v) is 10.2. The lowest BCUT2D eigenvalue weighted by Gasteiger charge is -2.36. The lowest BCUT2D eigenvalue weighted by Crippen LogP contribution is -2.50. The Morgan fingerprint density at radius 1 is 1.24 bits per heavy atom. The Balaban J connectivity index is 0.00000385. The topological polar surface area (TPSA) is 132 Å². The van der Waals surface area contributed by atoms with E-state index in [9.17, 15) is 18.3 Å². The van der Waals surface area contributed by atoms with Crippen LogP contribution in [0.3, 0.4) is 0 Å². The summed E-state index contributed by atoms with van der Waals surface area (Å²) in [6.45, 7) is 4.11. The van der Waals surface area contributed by atoms with E-state index in [1.165, 1.54) is 19.3 Å². The Morgan fingerprint density at radius 3 is 2.52 bits per heavy atom. The molecular formula is C25H34N2O5S. The van der Waals surface area contributed by atoms with Crippen LogP contribution >= 0.6 is 0 Å². The molecular weight excluding hydrogens is 440 g/mol. The molecule has 7 nitrogen and oxygen atoms in total. The molecule has 1 heterocycles. The third kappa shape index (κ3) is 5.82. The van der Waals surface area contributed by atoms with Crippen LogP contribution in [0, 0.1) is 0 Å². The van der Waals surface area contributed by atoms with Crippen LogP contribution in [0.5, 0.6) is 5.75 Å². The molecule has 0 aliphatic carbocycles. The molecule has 1 aliphatic rings. The van der Waals surface area contributed by atoms with E-state index in [-0.39, 0.29) is 22.8 Å². The fourth-order valence-corrected chi connectivity index (χ4v) is 6.52. The van der Waals surface area contributed by atoms with E-state index in [1.807, 2.05) is 37.3 Å². The quantitative estimate of drug-likeness (QED) is 0.561. The van der Waals surface area contributed by atoms with Crippen molar-refractivity contribution in [3.8, 4) is 5.75 Å². The van der Waals surface area contributed by atoms with E-state index in [4.69, 9.17) is 4.74 Å². The first-order valence-corrected chi connectivity index (χ1v) is 12.6. The summed E-state index contributed by atoms with van der Waals surface area (Å²) >= 11 is 0. The van der Waals surface area contributed by atoms with Crippen molar-refractivity contribution in [2.75, 3.05) is 12.9 Å². The average Bonchev–Trinajstić information content (AvgIpc) is 2.88. The number of carbonyl (C=O) groups excluding carboxylic acids is 1. The number of nitrogens with one attached hydrogen (secondary N) is 1. The number of sulfone groups is 1. The molecule has 2 aromatic rings. The number of unbranched alkanes of at least 4 members (excludes halogenated alkanes) is 1. The predicted octanol–water partition coefficient (Wildman–Crippen LogP) is 3.64. The van der Waals surface area contributed by atoms with Crippen LogP contribution in [0.15, 0.2) is 53.4 Å². The number of carboxylic acid groups (broad SMARTS) is 1. The Morgan fingerprint density at radius 2 is 1.94 bits per heavy atom. The van der Waals surface area contributed by atoms with E-state index in [2.05, 4.69) is 12.2 Å². The van der Waals surface area contributed by atoms with Gasteiger partial charge in [-0.15, -0.1) is 0 Å². The zero-order valence-corrected chi connectivity index (χ0v) is 20.6. The average molecular weight is 475 g/mol. The van der Waals surface area contributed by atoms with Gasteiger partial charge in [-0.3, -0.25) is 5.32 Å². The highest BCUT2D eigenvalue weighted by Crippen LogP contribution is 2.41. The first-order valence-electron chi connectivity index (χ1n) is 10.9. The molecule has 0 aromatic heterocycles. The fourth-order valence-electron chi connectivity index (χ4n) is 4.37. The van der Waals surface area contributed by atoms with Crippen molar-refractivity contribution in [3.05, 3.63) is 65.2 Å². The highest BCUT2D eigenvalue weighted by Gasteiger charge is 2.42. The summed E-state index contributed by atoms with van der Waals surface area (Å²) in [7, 11) is -2.19. The molecule has 0 saturated heterocycles. The van der Waals surface area contributed by atoms with E-state index in [0.717, 1.165) is 30.9 Å². The number of rotatable bonds is 8. The predicted molar refractivity (Wildman–Crippen MR) is 129 cm³/mol. The molecule has 0 saturated carbocycles. The fraction of sp³-hybridized carbons (Fsp3) is 0.400. The van der Waals surface area contributed by atoms with Crippen LogP contribution in [-0.2, 0) is 14.6 Å². The van der Waals surface area contributed by atoms with Gasteiger partial charge in [-0.1, -0.05) is 57.0 Å². The van der Waals surface area contributed by atoms with Gasteiger partial charge in [-0.2, -0.15) is 0 Å². The summed E-state index contributed by atoms with van der Waals surface area (Å²) in [6.07, 6.45) is 5.47. The zero-order chi connectivity index (χ0) is 23.4. The maximum Gasteiger partial charge on any atom is 0.180 e. The molecule has 0 bridgehead atoms. The molecule has 5 N–H and O–H groups in total. The summed E-state index contributed by atoms with van der Waals surface area (Å²) in [5, 5.41) is 14.6. The minimum atomic E-state index is -3.67. The molecule has 0 amide bonds. The number of aliphatic carboxylic acids is 1. The molecule has 0 unspecified atom stereocenters. The van der Waals surface area contributed by atoms with Crippen LogP contribution in [-0.4, -0.2) is 32.8 Å². The third-order valence-electron chi connectivity index (χ3n) is 6.14. The van der Waals surface area contributed by atoms with Crippen molar-refractivity contribution in [2.24, 2.45) is 0 Å². The van der Waals surface area contributed by atoms with Gasteiger partial charge in [-0.05, 0) is 48.3 Å². The number of benzene rings is 2. The minimum Gasteiger partial charge on any atom is -0.545 e. The SMILES string of the molecule is CCCC[C@]1(CC)CS(=O)(=O)c2cc(/C=C/C(=O)[O-])c(OC)cc2[C@@H](c2ccccc2)N1.[NH4+]. The van der Waals surface area contributed by atoms with Crippen molar-refractivity contribution >= 4 is 21.9 Å². The lowest BCUT2D eigenvalue weighted by molar-refractivity contribution is -0.297. The molecule has 1 aliphatic heterocycles. The molecule has 2 aromatic carbocycles. The van der Waals surface area contributed by atoms with Crippen LogP contribution in [0.4, 0.5) is 0 Å². The zero-order valence-electron chi connectivity index (χ0n) is 19.8. The summed E-state index contributed by atoms with van der Waals surface area (Å²) in [6, 6.07) is 12.6. The highest BCUT2D eigenvalue weighted by atomic mass is 32.2. The summed E-state index contributed by atoms with van der Waals surface area (Å²) in [4.78, 5) is 11.1. The van der Waals surface area contributed by atoms with Crippen LogP contribution < -0.4 is 21.3 Å². The summed E-state index contributed by atoms with van der Waals surface area (Å²) in [5.74, 6) is -0.988. The number of hydrogen-bond donors (Lipinski definition) is 2. The van der Waals surface area contributed by atoms with Gasteiger partial charge in [0.05, 0.1) is 29.8 Å². The second kappa shape index (κ2) is 11.0. The standard InChI is InChI=1S/C25H31NO5S.H3N/c1-4-6-14-25(5-2)17-32(29,30)22-15-19(12-13-23(27)28)21(31-3)16-20(22)24(26-25)18-10-8-7-9-11-18;/h7-13,15-16,24,26H,4-6,14,17H2,1-3H3,(H,27,28);1H3/b13-12+;/t24-,25-;/m1./s1. The third-order valence-corrected chi connectivity index (χ3v) is 8.10. The number of carbonyl (C=O) groups is 1. The van der Waals surface area contributed by atoms with Crippen molar-refractivity contribution < 1.29 is 23.1 Å². The van der Waals surface area contributed by atoms with E-state index in [1.54, 1.807) is 6.07 Å². The number of quaternary nitrogens is 1. The first kappa shape index (κ1) is 26.6. The molecule has 180 valence electrons. The Bertz CT molecular complexity index is 1100. The van der Waals surface area contributed by atoms with Gasteiger partial charge >= 0.3 is 0 Å². The number of hydrogen-bond acceptors (Lipinski definition) is 6. The van der Waals surface area contributed by atoms with Crippen molar-refractivity contribution in [1.82, 2.24) is 11.5 Å². The Kier molecular flexibility index (Phi) is 8.82. The molecule has 0 fully saturated rings. The maximum atomic E-state index is 13.7. The molecule has 33 heavy (non-hydrogen) atoms. The van der Waals surface area contributed by atoms with Gasteiger partial charge in [0.2, 0.25) is 0 Å². The molecule has 2 atom stereocenters. The lowest BCUT2D eigenvalue weighted by atomic mass is 9.88. The second-order valence-electron chi connectivity index (χ2n) is 8.27. The van der Waals surface area contributed by atoms with Crippen molar-refractivity contribution in [1.29, 1.82) is 0 Å². The Labute approximate surface area is 196 Å². The Hall–Kier alpha value is -2.68. The first-order chi connectivity index (χ1) is 15.2. The van der Waals surface area contributed by atoms with Gasteiger partial charge < -0.3 is 20.8 Å². The van der Waals surface area contributed by atoms with E-state index in [0.29, 0.717) is 23.3 Å². The maximum absolute atomic E-state index is 13.7. The number of methoxy groups -OCH3 is 1. The highest BCUT2D eigenvalue weighted by molar-refractivity contribution is 7.91. The molecule has 8 heteroatoms. The molecule has 0 spiro atoms. The molecule has 0 radical (unpaired) electrons. The van der Waals surface area contributed by atoms with E-state index < -0.39 is 21.3 Å². The van der Waals surface area contributed by atoms with Crippen LogP contribution in [0.2, 0.25) is 0 Å². The summed E-state index contributed by atoms with van der Waals surface area (Å²) < 4.78 is 32.8. The van der Waals surface area contributed by atoms with Gasteiger partial charge in [0, 0.05) is 11.1 Å². The number of fused-ring (bicyclic) bond motifs is 1. The van der Waals surface area contributed by atoms with Gasteiger partial charge in [0.15, 0.2) is 9.84 Å². The number of ether oxygens (including phenoxy) is 1. The number of carboxylic acids is 1. The molecule has 3 rings (SSSR count). The van der Waals surface area contributed by atoms with Gasteiger partial charge in [0.1, 0.15) is 5.75 Å². The minimum absolute atomic E-state index is 0.